The molecule has 0 amide bonds. The van der Waals surface area contributed by atoms with Gasteiger partial charge in [-0.15, -0.1) is 0 Å². The lowest BCUT2D eigenvalue weighted by molar-refractivity contribution is 0.892. The van der Waals surface area contributed by atoms with Gasteiger partial charge in [0.25, 0.3) is 0 Å². The third kappa shape index (κ3) is 2.06. The van der Waals surface area contributed by atoms with Crippen molar-refractivity contribution >= 4 is 0 Å². The molecule has 0 saturated carbocycles. The molecule has 0 radical (unpaired) electrons. The van der Waals surface area contributed by atoms with Crippen LogP contribution in [-0.2, 0) is 0 Å². The zero-order valence-corrected chi connectivity index (χ0v) is 6.01. The van der Waals surface area contributed by atoms with Gasteiger partial charge < -0.3 is 0 Å². The topological polar surface area (TPSA) is 23.8 Å². The van der Waals surface area contributed by atoms with Crippen molar-refractivity contribution in [3.63, 3.8) is 0 Å². The third-order valence-electron chi connectivity index (χ3n) is 1.66. The van der Waals surface area contributed by atoms with Crippen molar-refractivity contribution in [2.45, 2.75) is 25.7 Å². The summed E-state index contributed by atoms with van der Waals surface area (Å²) in [5, 5.41) is 8.28. The summed E-state index contributed by atoms with van der Waals surface area (Å²) < 4.78 is 0. The lowest BCUT2D eigenvalue weighted by atomic mass is 10.0. The van der Waals surface area contributed by atoms with Gasteiger partial charge in [0.1, 0.15) is 0 Å². The maximum atomic E-state index is 8.28. The van der Waals surface area contributed by atoms with Gasteiger partial charge in [-0.25, -0.2) is 0 Å². The zero-order chi connectivity index (χ0) is 7.23. The van der Waals surface area contributed by atoms with Crippen molar-refractivity contribution in [3.05, 3.63) is 23.8 Å². The molecule has 1 heteroatoms. The molecule has 0 aromatic heterocycles. The van der Waals surface area contributed by atoms with E-state index in [9.17, 15) is 0 Å². The number of nitrogens with zero attached hydrogens (tertiary/aromatic N) is 1. The highest BCUT2D eigenvalue weighted by atomic mass is 14.2. The minimum atomic E-state index is 0.573. The Labute approximate surface area is 61.7 Å². The molecule has 10 heavy (non-hydrogen) atoms. The van der Waals surface area contributed by atoms with E-state index in [1.807, 2.05) is 6.08 Å². The van der Waals surface area contributed by atoms with Crippen molar-refractivity contribution in [3.8, 4) is 6.07 Å². The van der Waals surface area contributed by atoms with E-state index in [-0.39, 0.29) is 0 Å². The highest BCUT2D eigenvalue weighted by Crippen LogP contribution is 2.16. The minimum absolute atomic E-state index is 0.573. The Morgan fingerprint density at radius 2 is 2.50 bits per heavy atom. The number of rotatable bonds is 1. The Hall–Kier alpha value is -1.03. The van der Waals surface area contributed by atoms with E-state index in [4.69, 9.17) is 5.26 Å². The highest BCUT2D eigenvalue weighted by molar-refractivity contribution is 5.13. The quantitative estimate of drug-likeness (QED) is 0.504. The van der Waals surface area contributed by atoms with Crippen LogP contribution in [0.15, 0.2) is 23.8 Å². The van der Waals surface area contributed by atoms with E-state index in [0.29, 0.717) is 6.42 Å². The maximum absolute atomic E-state index is 8.28. The summed E-state index contributed by atoms with van der Waals surface area (Å²) in [7, 11) is 0. The zero-order valence-electron chi connectivity index (χ0n) is 6.01. The largest absolute Gasteiger partial charge is 0.198 e. The summed E-state index contributed by atoms with van der Waals surface area (Å²) in [6, 6.07) is 2.11. The average Bonchev–Trinajstić information content (AvgIpc) is 2.03. The minimum Gasteiger partial charge on any atom is -0.198 e. The van der Waals surface area contributed by atoms with E-state index >= 15 is 0 Å². The van der Waals surface area contributed by atoms with E-state index in [0.717, 1.165) is 19.3 Å². The van der Waals surface area contributed by atoms with Gasteiger partial charge in [-0.05, 0) is 19.3 Å². The Balaban J connectivity index is 2.42. The molecular weight excluding hydrogens is 122 g/mol. The van der Waals surface area contributed by atoms with Crippen molar-refractivity contribution in [2.24, 2.45) is 0 Å². The molecule has 0 aromatic rings. The van der Waals surface area contributed by atoms with E-state index in [1.54, 1.807) is 0 Å². The number of hydrogen-bond donors (Lipinski definition) is 0. The first-order chi connectivity index (χ1) is 4.93. The van der Waals surface area contributed by atoms with E-state index in [1.165, 1.54) is 5.57 Å². The number of hydrogen-bond acceptors (Lipinski definition) is 1. The smallest absolute Gasteiger partial charge is 0.0663 e. The van der Waals surface area contributed by atoms with Crippen LogP contribution in [0.4, 0.5) is 0 Å². The average molecular weight is 133 g/mol. The summed E-state index contributed by atoms with van der Waals surface area (Å²) in [5.41, 5.74) is 1.42. The van der Waals surface area contributed by atoms with Crippen LogP contribution >= 0.6 is 0 Å². The number of allylic oxidation sites excluding steroid dienone is 4. The number of nitriles is 1. The van der Waals surface area contributed by atoms with Crippen LogP contribution < -0.4 is 0 Å². The first-order valence-electron chi connectivity index (χ1n) is 3.63. The molecule has 0 saturated heterocycles. The maximum Gasteiger partial charge on any atom is 0.0663 e. The van der Waals surface area contributed by atoms with Crippen molar-refractivity contribution in [1.82, 2.24) is 0 Å². The van der Waals surface area contributed by atoms with Crippen molar-refractivity contribution < 1.29 is 0 Å². The molecule has 0 bridgehead atoms. The molecule has 0 aliphatic heterocycles. The second-order valence-electron chi connectivity index (χ2n) is 2.44. The molecule has 0 N–H and O–H groups in total. The van der Waals surface area contributed by atoms with Gasteiger partial charge in [0, 0.05) is 0 Å². The van der Waals surface area contributed by atoms with Crippen LogP contribution in [0.3, 0.4) is 0 Å². The van der Waals surface area contributed by atoms with Gasteiger partial charge >= 0.3 is 0 Å². The van der Waals surface area contributed by atoms with Gasteiger partial charge in [-0.2, -0.15) is 5.26 Å². The molecule has 0 heterocycles. The summed E-state index contributed by atoms with van der Waals surface area (Å²) >= 11 is 0. The summed E-state index contributed by atoms with van der Waals surface area (Å²) in [5.74, 6) is 0. The Morgan fingerprint density at radius 1 is 1.60 bits per heavy atom. The molecule has 52 valence electrons. The standard InChI is InChI=1S/C9H11N/c10-8-4-7-9-5-2-1-3-6-9/h1-2,7H,3-6H2/b9-7-. The molecular formula is C9H11N. The fraction of sp³-hybridized carbons (Fsp3) is 0.444. The van der Waals surface area contributed by atoms with E-state index < -0.39 is 0 Å². The second kappa shape index (κ2) is 3.90. The fourth-order valence-corrected chi connectivity index (χ4v) is 1.10. The first kappa shape index (κ1) is 7.08. The van der Waals surface area contributed by atoms with Crippen LogP contribution in [0.25, 0.3) is 0 Å². The van der Waals surface area contributed by atoms with Crippen LogP contribution in [0.1, 0.15) is 25.7 Å². The molecule has 1 nitrogen and oxygen atoms in total. The van der Waals surface area contributed by atoms with Crippen molar-refractivity contribution in [2.75, 3.05) is 0 Å². The molecule has 0 fully saturated rings. The van der Waals surface area contributed by atoms with Gasteiger partial charge in [0.2, 0.25) is 0 Å². The van der Waals surface area contributed by atoms with Crippen LogP contribution in [0, 0.1) is 11.3 Å². The normalized spacial score (nSPS) is 20.9. The van der Waals surface area contributed by atoms with Crippen LogP contribution in [0.5, 0.6) is 0 Å². The molecule has 0 unspecified atom stereocenters. The Bertz CT molecular complexity index is 193. The predicted octanol–water partition coefficient (Wildman–Crippen LogP) is 2.57. The molecule has 1 aliphatic rings. The lowest BCUT2D eigenvalue weighted by Crippen LogP contribution is -1.86. The summed E-state index contributed by atoms with van der Waals surface area (Å²) in [6.07, 6.45) is 10.3. The molecule has 1 rings (SSSR count). The predicted molar refractivity (Wildman–Crippen MR) is 41.3 cm³/mol. The molecule has 1 aliphatic carbocycles. The monoisotopic (exact) mass is 133 g/mol. The van der Waals surface area contributed by atoms with E-state index in [2.05, 4.69) is 18.2 Å². The fourth-order valence-electron chi connectivity index (χ4n) is 1.10. The molecule has 0 atom stereocenters. The van der Waals surface area contributed by atoms with Crippen molar-refractivity contribution in [1.29, 1.82) is 5.26 Å². The van der Waals surface area contributed by atoms with Crippen LogP contribution in [0.2, 0.25) is 0 Å². The van der Waals surface area contributed by atoms with Crippen LogP contribution in [-0.4, -0.2) is 0 Å². The molecule has 0 aromatic carbocycles. The SMILES string of the molecule is N#CC/C=C1/CC=CCC1. The van der Waals surface area contributed by atoms with Gasteiger partial charge in [0.05, 0.1) is 12.5 Å². The first-order valence-corrected chi connectivity index (χ1v) is 3.63. The third-order valence-corrected chi connectivity index (χ3v) is 1.66. The van der Waals surface area contributed by atoms with Gasteiger partial charge in [0.15, 0.2) is 0 Å². The summed E-state index contributed by atoms with van der Waals surface area (Å²) in [6.45, 7) is 0. The second-order valence-corrected chi connectivity index (χ2v) is 2.44. The Morgan fingerprint density at radius 3 is 3.10 bits per heavy atom. The summed E-state index contributed by atoms with van der Waals surface area (Å²) in [4.78, 5) is 0. The highest BCUT2D eigenvalue weighted by Gasteiger charge is 1.97. The Kier molecular flexibility index (Phi) is 2.76. The van der Waals surface area contributed by atoms with Gasteiger partial charge in [-0.3, -0.25) is 0 Å². The lowest BCUT2D eigenvalue weighted by Gasteiger charge is -2.05. The molecule has 0 spiro atoms. The van der Waals surface area contributed by atoms with Gasteiger partial charge in [-0.1, -0.05) is 23.8 Å².